The van der Waals surface area contributed by atoms with E-state index in [0.717, 1.165) is 0 Å². The van der Waals surface area contributed by atoms with Crippen LogP contribution in [0.2, 0.25) is 0 Å². The third kappa shape index (κ3) is 1.76. The van der Waals surface area contributed by atoms with Crippen LogP contribution in [0.4, 0.5) is 0 Å². The Hall–Kier alpha value is -1.49. The van der Waals surface area contributed by atoms with Crippen molar-refractivity contribution in [2.24, 2.45) is 5.73 Å². The molecule has 3 N–H and O–H groups in total. The van der Waals surface area contributed by atoms with E-state index in [9.17, 15) is 4.79 Å². The number of carbonyl (C=O) groups is 1. The van der Waals surface area contributed by atoms with Gasteiger partial charge in [-0.2, -0.15) is 0 Å². The highest BCUT2D eigenvalue weighted by atomic mass is 16.1. The van der Waals surface area contributed by atoms with Gasteiger partial charge in [0.15, 0.2) is 0 Å². The van der Waals surface area contributed by atoms with Gasteiger partial charge in [0.05, 0.1) is 12.1 Å². The summed E-state index contributed by atoms with van der Waals surface area (Å²) in [6.07, 6.45) is 2.90. The fourth-order valence-corrected chi connectivity index (χ4v) is 0.722. The minimum atomic E-state index is -0.196. The zero-order valence-corrected chi connectivity index (χ0v) is 6.74. The van der Waals surface area contributed by atoms with Crippen molar-refractivity contribution in [2.45, 2.75) is 6.54 Å². The fourth-order valence-electron chi connectivity index (χ4n) is 0.722. The quantitative estimate of drug-likeness (QED) is 0.608. The smallest absolute Gasteiger partial charge is 0.254 e. The summed E-state index contributed by atoms with van der Waals surface area (Å²) in [5.41, 5.74) is 5.72. The van der Waals surface area contributed by atoms with Gasteiger partial charge in [0.1, 0.15) is 5.82 Å². The first-order valence-electron chi connectivity index (χ1n) is 3.51. The van der Waals surface area contributed by atoms with Gasteiger partial charge in [0.25, 0.3) is 5.91 Å². The minimum Gasteiger partial charge on any atom is -0.355 e. The summed E-state index contributed by atoms with van der Waals surface area (Å²) in [6.45, 7) is 0.286. The summed E-state index contributed by atoms with van der Waals surface area (Å²) >= 11 is 0. The SMILES string of the molecule is CNC(=O)c1cnc(CN)nc1. The first kappa shape index (κ1) is 8.61. The van der Waals surface area contributed by atoms with Crippen LogP contribution < -0.4 is 11.1 Å². The Bertz CT molecular complexity index is 269. The van der Waals surface area contributed by atoms with Gasteiger partial charge in [-0.25, -0.2) is 9.97 Å². The topological polar surface area (TPSA) is 80.9 Å². The first-order chi connectivity index (χ1) is 5.77. The molecule has 0 radical (unpaired) electrons. The molecular formula is C7H10N4O. The van der Waals surface area contributed by atoms with Gasteiger partial charge in [-0.1, -0.05) is 0 Å². The second-order valence-electron chi connectivity index (χ2n) is 2.17. The van der Waals surface area contributed by atoms with Crippen LogP contribution in [-0.2, 0) is 6.54 Å². The molecule has 1 amide bonds. The van der Waals surface area contributed by atoms with Gasteiger partial charge in [-0.15, -0.1) is 0 Å². The van der Waals surface area contributed by atoms with Crippen LogP contribution in [0.15, 0.2) is 12.4 Å². The third-order valence-electron chi connectivity index (χ3n) is 1.38. The number of nitrogens with one attached hydrogen (secondary N) is 1. The maximum atomic E-state index is 11.0. The summed E-state index contributed by atoms with van der Waals surface area (Å²) in [5.74, 6) is 0.334. The lowest BCUT2D eigenvalue weighted by molar-refractivity contribution is 0.0962. The molecule has 1 aromatic rings. The highest BCUT2D eigenvalue weighted by Gasteiger charge is 2.02. The molecule has 0 atom stereocenters. The number of hydrogen-bond donors (Lipinski definition) is 2. The van der Waals surface area contributed by atoms with Crippen molar-refractivity contribution >= 4 is 5.91 Å². The predicted molar refractivity (Wildman–Crippen MR) is 43.3 cm³/mol. The molecule has 0 bridgehead atoms. The molecule has 0 fully saturated rings. The molecule has 0 aliphatic rings. The van der Waals surface area contributed by atoms with Crippen molar-refractivity contribution in [2.75, 3.05) is 7.05 Å². The lowest BCUT2D eigenvalue weighted by atomic mass is 10.3. The van der Waals surface area contributed by atoms with Crippen LogP contribution in [-0.4, -0.2) is 22.9 Å². The molecule has 5 nitrogen and oxygen atoms in total. The highest BCUT2D eigenvalue weighted by Crippen LogP contribution is 1.94. The number of nitrogens with two attached hydrogens (primary N) is 1. The zero-order valence-electron chi connectivity index (χ0n) is 6.74. The molecule has 0 unspecified atom stereocenters. The molecule has 1 aromatic heterocycles. The van der Waals surface area contributed by atoms with Crippen LogP contribution in [0, 0.1) is 0 Å². The maximum Gasteiger partial charge on any atom is 0.254 e. The number of amides is 1. The Kier molecular flexibility index (Phi) is 2.71. The fraction of sp³-hybridized carbons (Fsp3) is 0.286. The summed E-state index contributed by atoms with van der Waals surface area (Å²) < 4.78 is 0. The monoisotopic (exact) mass is 166 g/mol. The third-order valence-corrected chi connectivity index (χ3v) is 1.38. The molecular weight excluding hydrogens is 156 g/mol. The number of nitrogens with zero attached hydrogens (tertiary/aromatic N) is 2. The van der Waals surface area contributed by atoms with Gasteiger partial charge >= 0.3 is 0 Å². The van der Waals surface area contributed by atoms with E-state index < -0.39 is 0 Å². The number of aromatic nitrogens is 2. The summed E-state index contributed by atoms with van der Waals surface area (Å²) in [4.78, 5) is 18.7. The van der Waals surface area contributed by atoms with E-state index in [2.05, 4.69) is 15.3 Å². The van der Waals surface area contributed by atoms with Crippen LogP contribution in [0.1, 0.15) is 16.2 Å². The maximum absolute atomic E-state index is 11.0. The minimum absolute atomic E-state index is 0.196. The lowest BCUT2D eigenvalue weighted by Crippen LogP contribution is -2.18. The summed E-state index contributed by atoms with van der Waals surface area (Å²) in [5, 5.41) is 2.47. The van der Waals surface area contributed by atoms with E-state index in [4.69, 9.17) is 5.73 Å². The van der Waals surface area contributed by atoms with E-state index in [1.54, 1.807) is 7.05 Å². The van der Waals surface area contributed by atoms with Crippen molar-refractivity contribution in [3.63, 3.8) is 0 Å². The standard InChI is InChI=1S/C7H10N4O/c1-9-7(12)5-3-10-6(2-8)11-4-5/h3-4H,2,8H2,1H3,(H,9,12). The second-order valence-corrected chi connectivity index (χ2v) is 2.17. The van der Waals surface area contributed by atoms with Crippen molar-refractivity contribution in [1.82, 2.24) is 15.3 Å². The molecule has 0 aliphatic heterocycles. The normalized spacial score (nSPS) is 9.50. The van der Waals surface area contributed by atoms with E-state index in [1.165, 1.54) is 12.4 Å². The Morgan fingerprint density at radius 2 is 2.17 bits per heavy atom. The largest absolute Gasteiger partial charge is 0.355 e. The highest BCUT2D eigenvalue weighted by molar-refractivity contribution is 5.93. The average Bonchev–Trinajstić information content (AvgIpc) is 2.17. The lowest BCUT2D eigenvalue weighted by Gasteiger charge is -1.98. The van der Waals surface area contributed by atoms with E-state index in [-0.39, 0.29) is 12.5 Å². The molecule has 0 saturated carbocycles. The van der Waals surface area contributed by atoms with E-state index in [0.29, 0.717) is 11.4 Å². The molecule has 1 heterocycles. The molecule has 0 spiro atoms. The van der Waals surface area contributed by atoms with Crippen LogP contribution in [0.25, 0.3) is 0 Å². The molecule has 0 saturated heterocycles. The van der Waals surface area contributed by atoms with Crippen LogP contribution in [0.5, 0.6) is 0 Å². The molecule has 12 heavy (non-hydrogen) atoms. The Labute approximate surface area is 70.0 Å². The Balaban J connectivity index is 2.84. The molecule has 0 aliphatic carbocycles. The zero-order chi connectivity index (χ0) is 8.97. The molecule has 1 rings (SSSR count). The number of carbonyl (C=O) groups excluding carboxylic acids is 1. The predicted octanol–water partition coefficient (Wildman–Crippen LogP) is -0.705. The summed E-state index contributed by atoms with van der Waals surface area (Å²) in [7, 11) is 1.55. The van der Waals surface area contributed by atoms with Crippen molar-refractivity contribution in [3.05, 3.63) is 23.8 Å². The van der Waals surface area contributed by atoms with Gasteiger partial charge in [0.2, 0.25) is 0 Å². The van der Waals surface area contributed by atoms with Gasteiger partial charge in [-0.3, -0.25) is 4.79 Å². The van der Waals surface area contributed by atoms with Crippen molar-refractivity contribution < 1.29 is 4.79 Å². The average molecular weight is 166 g/mol. The van der Waals surface area contributed by atoms with Crippen molar-refractivity contribution in [3.8, 4) is 0 Å². The van der Waals surface area contributed by atoms with Crippen molar-refractivity contribution in [1.29, 1.82) is 0 Å². The first-order valence-corrected chi connectivity index (χ1v) is 3.51. The van der Waals surface area contributed by atoms with Crippen LogP contribution >= 0.6 is 0 Å². The number of rotatable bonds is 2. The molecule has 5 heteroatoms. The van der Waals surface area contributed by atoms with E-state index >= 15 is 0 Å². The molecule has 64 valence electrons. The Morgan fingerprint density at radius 3 is 2.58 bits per heavy atom. The summed E-state index contributed by atoms with van der Waals surface area (Å²) in [6, 6.07) is 0. The Morgan fingerprint density at radius 1 is 1.58 bits per heavy atom. The van der Waals surface area contributed by atoms with Gasteiger partial charge in [-0.05, 0) is 0 Å². The van der Waals surface area contributed by atoms with E-state index in [1.807, 2.05) is 0 Å². The second kappa shape index (κ2) is 3.77. The van der Waals surface area contributed by atoms with Crippen LogP contribution in [0.3, 0.4) is 0 Å². The van der Waals surface area contributed by atoms with Gasteiger partial charge < -0.3 is 11.1 Å². The number of hydrogen-bond acceptors (Lipinski definition) is 4. The van der Waals surface area contributed by atoms with Gasteiger partial charge in [0, 0.05) is 19.4 Å². The molecule has 0 aromatic carbocycles.